The zero-order valence-corrected chi connectivity index (χ0v) is 17.9. The van der Waals surface area contributed by atoms with Crippen molar-refractivity contribution < 1.29 is 9.84 Å². The Morgan fingerprint density at radius 3 is 2.86 bits per heavy atom. The summed E-state index contributed by atoms with van der Waals surface area (Å²) < 4.78 is 5.58. The predicted octanol–water partition coefficient (Wildman–Crippen LogP) is 4.42. The molecule has 0 amide bonds. The number of hydrogen-bond donors (Lipinski definition) is 2. The Bertz CT molecular complexity index is 834. The maximum atomic E-state index is 9.92. The van der Waals surface area contributed by atoms with E-state index in [0.29, 0.717) is 17.6 Å². The second-order valence-electron chi connectivity index (χ2n) is 7.67. The van der Waals surface area contributed by atoms with Gasteiger partial charge in [0.1, 0.15) is 12.4 Å². The van der Waals surface area contributed by atoms with E-state index >= 15 is 0 Å². The van der Waals surface area contributed by atoms with Gasteiger partial charge in [0.05, 0.1) is 11.8 Å². The van der Waals surface area contributed by atoms with Crippen molar-refractivity contribution in [1.29, 1.82) is 0 Å². The Labute approximate surface area is 173 Å². The summed E-state index contributed by atoms with van der Waals surface area (Å²) in [4.78, 5) is 10.5. The van der Waals surface area contributed by atoms with Crippen LogP contribution in [0.1, 0.15) is 41.0 Å². The number of anilines is 2. The highest BCUT2D eigenvalue weighted by atomic mass is 16.5. The van der Waals surface area contributed by atoms with Gasteiger partial charge in [-0.05, 0) is 45.6 Å². The molecule has 0 spiro atoms. The van der Waals surface area contributed by atoms with Gasteiger partial charge >= 0.3 is 6.01 Å². The number of ether oxygens (including phenoxy) is 1. The Morgan fingerprint density at radius 2 is 2.21 bits per heavy atom. The zero-order valence-electron chi connectivity index (χ0n) is 17.9. The lowest BCUT2D eigenvalue weighted by Gasteiger charge is -2.19. The molecule has 1 aliphatic rings. The van der Waals surface area contributed by atoms with Crippen molar-refractivity contribution in [2.45, 2.75) is 46.6 Å². The fourth-order valence-corrected chi connectivity index (χ4v) is 2.60. The Kier molecular flexibility index (Phi) is 7.73. The van der Waals surface area contributed by atoms with Gasteiger partial charge in [0.2, 0.25) is 0 Å². The zero-order chi connectivity index (χ0) is 21.4. The first-order valence-electron chi connectivity index (χ1n) is 9.67. The number of hydrazone groups is 1. The molecule has 1 unspecified atom stereocenters. The molecule has 1 aromatic rings. The van der Waals surface area contributed by atoms with Crippen molar-refractivity contribution in [3.63, 3.8) is 0 Å². The quantitative estimate of drug-likeness (QED) is 0.474. The molecule has 0 bridgehead atoms. The standard InChI is InChI=1S/C22H31N5O2/c1-7-11-27(8-2)20-13-19(24-21(25-20)29-15-22(5,6)28)26-23-14-18-12-16(3)9-10-17(18)4/h7-9,11-14,17,28H,2,10,15H2,1,3-6H3,(H,24,25,26)/b11-7-,23-14+. The molecule has 156 valence electrons. The van der Waals surface area contributed by atoms with E-state index in [2.05, 4.69) is 53.1 Å². The molecule has 2 N–H and O–H groups in total. The third kappa shape index (κ3) is 7.19. The summed E-state index contributed by atoms with van der Waals surface area (Å²) >= 11 is 0. The minimum absolute atomic E-state index is 0.0624. The van der Waals surface area contributed by atoms with Crippen LogP contribution in [0.2, 0.25) is 0 Å². The number of hydrogen-bond acceptors (Lipinski definition) is 7. The molecule has 7 heteroatoms. The Balaban J connectivity index is 2.25. The average Bonchev–Trinajstić information content (AvgIpc) is 2.66. The number of aromatic nitrogens is 2. The molecule has 1 atom stereocenters. The van der Waals surface area contributed by atoms with E-state index in [9.17, 15) is 5.11 Å². The number of nitrogens with one attached hydrogen (secondary N) is 1. The highest BCUT2D eigenvalue weighted by Gasteiger charge is 2.16. The van der Waals surface area contributed by atoms with Crippen LogP contribution in [-0.2, 0) is 0 Å². The van der Waals surface area contributed by atoms with Crippen LogP contribution in [0.25, 0.3) is 0 Å². The lowest BCUT2D eigenvalue weighted by Crippen LogP contribution is -2.28. The van der Waals surface area contributed by atoms with Crippen LogP contribution in [0.3, 0.4) is 0 Å². The second-order valence-corrected chi connectivity index (χ2v) is 7.67. The molecule has 0 aliphatic heterocycles. The molecule has 0 saturated heterocycles. The fraction of sp³-hybridized carbons (Fsp3) is 0.409. The van der Waals surface area contributed by atoms with Gasteiger partial charge in [-0.15, -0.1) is 0 Å². The number of rotatable bonds is 9. The third-order valence-corrected chi connectivity index (χ3v) is 4.17. The molecule has 0 aromatic carbocycles. The summed E-state index contributed by atoms with van der Waals surface area (Å²) in [5.41, 5.74) is 4.36. The van der Waals surface area contributed by atoms with E-state index in [4.69, 9.17) is 4.74 Å². The monoisotopic (exact) mass is 397 g/mol. The van der Waals surface area contributed by atoms with E-state index in [0.717, 1.165) is 12.0 Å². The summed E-state index contributed by atoms with van der Waals surface area (Å²) in [5.74, 6) is 1.46. The van der Waals surface area contributed by atoms with Gasteiger partial charge in [-0.25, -0.2) is 0 Å². The van der Waals surface area contributed by atoms with Crippen LogP contribution < -0.4 is 15.1 Å². The van der Waals surface area contributed by atoms with Gasteiger partial charge in [0.15, 0.2) is 5.82 Å². The summed E-state index contributed by atoms with van der Waals surface area (Å²) in [6.45, 7) is 13.4. The largest absolute Gasteiger partial charge is 0.460 e. The minimum Gasteiger partial charge on any atom is -0.460 e. The Morgan fingerprint density at radius 1 is 1.45 bits per heavy atom. The highest BCUT2D eigenvalue weighted by Crippen LogP contribution is 2.23. The third-order valence-electron chi connectivity index (χ3n) is 4.17. The fourth-order valence-electron chi connectivity index (χ4n) is 2.60. The first-order chi connectivity index (χ1) is 13.7. The van der Waals surface area contributed by atoms with Crippen molar-refractivity contribution in [2.24, 2.45) is 11.0 Å². The average molecular weight is 398 g/mol. The maximum Gasteiger partial charge on any atom is 0.320 e. The van der Waals surface area contributed by atoms with Crippen LogP contribution in [0.5, 0.6) is 6.01 Å². The molecule has 29 heavy (non-hydrogen) atoms. The molecular formula is C22H31N5O2. The number of aliphatic hydroxyl groups is 1. The normalized spacial score (nSPS) is 17.2. The number of nitrogens with zero attached hydrogens (tertiary/aromatic N) is 4. The summed E-state index contributed by atoms with van der Waals surface area (Å²) in [6.07, 6.45) is 12.5. The lowest BCUT2D eigenvalue weighted by atomic mass is 9.91. The molecule has 0 saturated carbocycles. The van der Waals surface area contributed by atoms with Crippen LogP contribution in [0, 0.1) is 5.92 Å². The van der Waals surface area contributed by atoms with Gasteiger partial charge in [-0.1, -0.05) is 37.3 Å². The van der Waals surface area contributed by atoms with Crippen molar-refractivity contribution in [3.8, 4) is 6.01 Å². The molecule has 1 aliphatic carbocycles. The molecule has 2 rings (SSSR count). The maximum absolute atomic E-state index is 9.92. The predicted molar refractivity (Wildman–Crippen MR) is 119 cm³/mol. The molecule has 0 fully saturated rings. The van der Waals surface area contributed by atoms with E-state index in [-0.39, 0.29) is 12.6 Å². The van der Waals surface area contributed by atoms with Gasteiger partial charge < -0.3 is 14.7 Å². The van der Waals surface area contributed by atoms with Gasteiger partial charge in [0, 0.05) is 18.5 Å². The topological polar surface area (TPSA) is 82.9 Å². The van der Waals surface area contributed by atoms with E-state index < -0.39 is 5.60 Å². The molecular weight excluding hydrogens is 366 g/mol. The van der Waals surface area contributed by atoms with Gasteiger partial charge in [0.25, 0.3) is 0 Å². The summed E-state index contributed by atoms with van der Waals surface area (Å²) in [6, 6.07) is 1.89. The highest BCUT2D eigenvalue weighted by molar-refractivity contribution is 5.81. The van der Waals surface area contributed by atoms with Crippen LogP contribution in [0.15, 0.2) is 59.5 Å². The first kappa shape index (κ1) is 22.4. The Hall–Kier alpha value is -2.93. The van der Waals surface area contributed by atoms with Crippen molar-refractivity contribution in [3.05, 3.63) is 54.4 Å². The van der Waals surface area contributed by atoms with Crippen molar-refractivity contribution >= 4 is 17.9 Å². The smallest absolute Gasteiger partial charge is 0.320 e. The summed E-state index contributed by atoms with van der Waals surface area (Å²) in [5, 5.41) is 14.3. The van der Waals surface area contributed by atoms with Crippen molar-refractivity contribution in [2.75, 3.05) is 16.9 Å². The lowest BCUT2D eigenvalue weighted by molar-refractivity contribution is 0.0251. The van der Waals surface area contributed by atoms with E-state index in [1.54, 1.807) is 31.0 Å². The molecule has 0 radical (unpaired) electrons. The van der Waals surface area contributed by atoms with Crippen LogP contribution in [-0.4, -0.2) is 33.5 Å². The van der Waals surface area contributed by atoms with E-state index in [1.807, 2.05) is 25.4 Å². The SMILES string of the molecule is C=CN(/C=C\C)c1cc(N/N=C/C2=CC(C)=CCC2C)nc(OCC(C)(C)O)n1. The molecule has 1 heterocycles. The van der Waals surface area contributed by atoms with Crippen molar-refractivity contribution in [1.82, 2.24) is 9.97 Å². The van der Waals surface area contributed by atoms with Crippen LogP contribution >= 0.6 is 0 Å². The molecule has 1 aromatic heterocycles. The van der Waals surface area contributed by atoms with Crippen LogP contribution in [0.4, 0.5) is 11.6 Å². The summed E-state index contributed by atoms with van der Waals surface area (Å²) in [7, 11) is 0. The van der Waals surface area contributed by atoms with Gasteiger partial charge in [-0.3, -0.25) is 5.43 Å². The number of allylic oxidation sites excluding steroid dienone is 5. The molecule has 7 nitrogen and oxygen atoms in total. The minimum atomic E-state index is -0.998. The van der Waals surface area contributed by atoms with E-state index in [1.165, 1.54) is 5.57 Å². The van der Waals surface area contributed by atoms with Gasteiger partial charge in [-0.2, -0.15) is 15.1 Å². The first-order valence-corrected chi connectivity index (χ1v) is 9.67. The second kappa shape index (κ2) is 10.0.